The molecule has 1 fully saturated rings. The SMILES string of the molecule is O=S1(=O)[C@H](CC[C@@H](O)c2ccc(F)cc2)[C@@H](c2ccc(-c3cccc(O)c3)cc2O)N1c1ccccc1. The van der Waals surface area contributed by atoms with E-state index >= 15 is 0 Å². The molecule has 0 bridgehead atoms. The maximum atomic E-state index is 13.4. The van der Waals surface area contributed by atoms with Gasteiger partial charge in [-0.25, -0.2) is 12.8 Å². The standard InChI is InChI=1S/C29H26FNO5S/c30-22-12-9-19(10-13-22)26(33)15-16-28-29(31(37(28,35)36)23-6-2-1-3-7-23)25-14-11-21(18-27(25)34)20-5-4-8-24(32)17-20/h1-14,17-18,26,28-29,32-34H,15-16H2/t26-,28-,29-/m1/s1. The lowest BCUT2D eigenvalue weighted by molar-refractivity contribution is 0.162. The molecule has 4 aromatic rings. The van der Waals surface area contributed by atoms with Crippen LogP contribution < -0.4 is 4.31 Å². The van der Waals surface area contributed by atoms with Crippen LogP contribution in [-0.4, -0.2) is 29.0 Å². The molecule has 1 aliphatic heterocycles. The molecule has 1 aliphatic rings. The summed E-state index contributed by atoms with van der Waals surface area (Å²) in [6.07, 6.45) is -0.664. The molecular formula is C29H26FNO5S. The average molecular weight is 520 g/mol. The highest BCUT2D eigenvalue weighted by molar-refractivity contribution is 7.95. The molecule has 37 heavy (non-hydrogen) atoms. The lowest BCUT2D eigenvalue weighted by Gasteiger charge is -2.48. The zero-order valence-electron chi connectivity index (χ0n) is 19.8. The molecule has 190 valence electrons. The van der Waals surface area contributed by atoms with Gasteiger partial charge in [-0.1, -0.05) is 54.6 Å². The number of hydrogen-bond acceptors (Lipinski definition) is 5. The van der Waals surface area contributed by atoms with Crippen molar-refractivity contribution < 1.29 is 28.1 Å². The quantitative estimate of drug-likeness (QED) is 0.292. The second kappa shape index (κ2) is 9.88. The minimum atomic E-state index is -3.76. The first-order valence-corrected chi connectivity index (χ1v) is 13.4. The number of aliphatic hydroxyl groups is 1. The summed E-state index contributed by atoms with van der Waals surface area (Å²) in [6.45, 7) is 0. The number of phenols is 2. The van der Waals surface area contributed by atoms with Crippen LogP contribution in [0, 0.1) is 5.82 Å². The summed E-state index contributed by atoms with van der Waals surface area (Å²) in [5.41, 5.74) is 2.83. The number of para-hydroxylation sites is 1. The fraction of sp³-hybridized carbons (Fsp3) is 0.172. The summed E-state index contributed by atoms with van der Waals surface area (Å²) in [5.74, 6) is -0.382. The predicted molar refractivity (Wildman–Crippen MR) is 140 cm³/mol. The van der Waals surface area contributed by atoms with Crippen molar-refractivity contribution in [3.8, 4) is 22.6 Å². The number of aromatic hydroxyl groups is 2. The van der Waals surface area contributed by atoms with E-state index < -0.39 is 33.2 Å². The van der Waals surface area contributed by atoms with E-state index in [4.69, 9.17) is 0 Å². The molecule has 4 aromatic carbocycles. The number of benzene rings is 4. The molecule has 0 aromatic heterocycles. The van der Waals surface area contributed by atoms with E-state index in [0.717, 1.165) is 0 Å². The second-order valence-electron chi connectivity index (χ2n) is 9.13. The van der Waals surface area contributed by atoms with Gasteiger partial charge in [-0.3, -0.25) is 4.31 Å². The van der Waals surface area contributed by atoms with Gasteiger partial charge in [0.2, 0.25) is 10.0 Å². The van der Waals surface area contributed by atoms with Crippen molar-refractivity contribution in [1.29, 1.82) is 0 Å². The van der Waals surface area contributed by atoms with Gasteiger partial charge in [-0.2, -0.15) is 0 Å². The summed E-state index contributed by atoms with van der Waals surface area (Å²) >= 11 is 0. The topological polar surface area (TPSA) is 98.1 Å². The van der Waals surface area contributed by atoms with Gasteiger partial charge in [0.1, 0.15) is 22.6 Å². The molecule has 0 amide bonds. The van der Waals surface area contributed by atoms with E-state index in [-0.39, 0.29) is 24.3 Å². The van der Waals surface area contributed by atoms with Crippen molar-refractivity contribution in [2.24, 2.45) is 0 Å². The Bertz CT molecular complexity index is 1510. The maximum absolute atomic E-state index is 13.4. The molecule has 0 radical (unpaired) electrons. The zero-order chi connectivity index (χ0) is 26.2. The third-order valence-corrected chi connectivity index (χ3v) is 9.03. The molecule has 8 heteroatoms. The Morgan fingerprint density at radius 2 is 1.54 bits per heavy atom. The normalized spacial score (nSPS) is 19.2. The van der Waals surface area contributed by atoms with Crippen molar-refractivity contribution in [3.63, 3.8) is 0 Å². The number of hydrogen-bond donors (Lipinski definition) is 3. The van der Waals surface area contributed by atoms with Crippen molar-refractivity contribution in [2.45, 2.75) is 30.2 Å². The van der Waals surface area contributed by atoms with Gasteiger partial charge in [0.15, 0.2) is 0 Å². The summed E-state index contributed by atoms with van der Waals surface area (Å²) in [7, 11) is -3.76. The molecular weight excluding hydrogens is 493 g/mol. The van der Waals surface area contributed by atoms with Crippen molar-refractivity contribution in [2.75, 3.05) is 4.31 Å². The van der Waals surface area contributed by atoms with Crippen LogP contribution in [-0.2, 0) is 10.0 Å². The first kappa shape index (κ1) is 24.8. The number of sulfonamides is 1. The van der Waals surface area contributed by atoms with E-state index in [0.29, 0.717) is 27.9 Å². The molecule has 1 saturated heterocycles. The number of aliphatic hydroxyl groups excluding tert-OH is 1. The van der Waals surface area contributed by atoms with Gasteiger partial charge in [-0.15, -0.1) is 0 Å². The fourth-order valence-corrected chi connectivity index (χ4v) is 7.02. The van der Waals surface area contributed by atoms with E-state index in [1.54, 1.807) is 72.8 Å². The minimum Gasteiger partial charge on any atom is -0.508 e. The molecule has 0 spiro atoms. The van der Waals surface area contributed by atoms with Crippen molar-refractivity contribution in [3.05, 3.63) is 114 Å². The van der Waals surface area contributed by atoms with Crippen molar-refractivity contribution >= 4 is 15.7 Å². The monoisotopic (exact) mass is 519 g/mol. The minimum absolute atomic E-state index is 0.0641. The molecule has 5 rings (SSSR count). The van der Waals surface area contributed by atoms with E-state index in [9.17, 15) is 28.1 Å². The van der Waals surface area contributed by atoms with Crippen LogP contribution >= 0.6 is 0 Å². The van der Waals surface area contributed by atoms with E-state index in [2.05, 4.69) is 0 Å². The van der Waals surface area contributed by atoms with Crippen LogP contribution in [0.4, 0.5) is 10.1 Å². The highest BCUT2D eigenvalue weighted by atomic mass is 32.2. The predicted octanol–water partition coefficient (Wildman–Crippen LogP) is 5.68. The largest absolute Gasteiger partial charge is 0.508 e. The highest BCUT2D eigenvalue weighted by Crippen LogP contribution is 2.50. The second-order valence-corrected chi connectivity index (χ2v) is 11.2. The number of anilines is 1. The molecule has 0 saturated carbocycles. The van der Waals surface area contributed by atoms with Crippen molar-refractivity contribution in [1.82, 2.24) is 0 Å². The van der Waals surface area contributed by atoms with Gasteiger partial charge >= 0.3 is 0 Å². The number of halogens is 1. The van der Waals surface area contributed by atoms with Crippen LogP contribution in [0.3, 0.4) is 0 Å². The Labute approximate surface area is 214 Å². The molecule has 3 atom stereocenters. The third kappa shape index (κ3) is 4.77. The first-order valence-electron chi connectivity index (χ1n) is 11.9. The highest BCUT2D eigenvalue weighted by Gasteiger charge is 2.54. The van der Waals surface area contributed by atoms with Crippen LogP contribution in [0.1, 0.15) is 36.1 Å². The first-order chi connectivity index (χ1) is 17.8. The van der Waals surface area contributed by atoms with Crippen LogP contribution in [0.25, 0.3) is 11.1 Å². The Kier molecular flexibility index (Phi) is 6.62. The van der Waals surface area contributed by atoms with Gasteiger partial charge in [0.05, 0.1) is 17.8 Å². The summed E-state index contributed by atoms with van der Waals surface area (Å²) < 4.78 is 41.5. The number of nitrogens with zero attached hydrogens (tertiary/aromatic N) is 1. The number of phenolic OH excluding ortho intramolecular Hbond substituents is 2. The molecule has 0 aliphatic carbocycles. The summed E-state index contributed by atoms with van der Waals surface area (Å²) in [6, 6.07) is 25.2. The lowest BCUT2D eigenvalue weighted by atomic mass is 9.93. The lowest BCUT2D eigenvalue weighted by Crippen LogP contribution is -2.58. The van der Waals surface area contributed by atoms with Gasteiger partial charge in [0.25, 0.3) is 0 Å². The third-order valence-electron chi connectivity index (χ3n) is 6.78. The van der Waals surface area contributed by atoms with Crippen LogP contribution in [0.5, 0.6) is 11.5 Å². The van der Waals surface area contributed by atoms with Gasteiger partial charge < -0.3 is 15.3 Å². The molecule has 6 nitrogen and oxygen atoms in total. The summed E-state index contributed by atoms with van der Waals surface area (Å²) in [4.78, 5) is 0. The maximum Gasteiger partial charge on any atom is 0.241 e. The van der Waals surface area contributed by atoms with Gasteiger partial charge in [-0.05, 0) is 72.0 Å². The Morgan fingerprint density at radius 3 is 2.22 bits per heavy atom. The Balaban J connectivity index is 1.47. The van der Waals surface area contributed by atoms with Crippen LogP contribution in [0.15, 0.2) is 97.1 Å². The fourth-order valence-electron chi connectivity index (χ4n) is 4.90. The smallest absolute Gasteiger partial charge is 0.241 e. The van der Waals surface area contributed by atoms with E-state index in [1.165, 1.54) is 28.6 Å². The van der Waals surface area contributed by atoms with E-state index in [1.807, 2.05) is 0 Å². The van der Waals surface area contributed by atoms with Gasteiger partial charge in [0, 0.05) is 5.56 Å². The molecule has 1 heterocycles. The Hall–Kier alpha value is -3.88. The number of rotatable bonds is 7. The van der Waals surface area contributed by atoms with Crippen LogP contribution in [0.2, 0.25) is 0 Å². The summed E-state index contributed by atoms with van der Waals surface area (Å²) in [5, 5.41) is 30.6. The average Bonchev–Trinajstić information content (AvgIpc) is 2.88. The Morgan fingerprint density at radius 1 is 0.838 bits per heavy atom. The molecule has 0 unspecified atom stereocenters. The zero-order valence-corrected chi connectivity index (χ0v) is 20.6. The molecule has 3 N–H and O–H groups in total.